The first-order valence-electron chi connectivity index (χ1n) is 6.48. The van der Waals surface area contributed by atoms with E-state index in [9.17, 15) is 4.79 Å². The van der Waals surface area contributed by atoms with Crippen molar-refractivity contribution in [2.24, 2.45) is 5.73 Å². The number of carbonyl (C=O) groups excluding carboxylic acids is 1. The fourth-order valence-electron chi connectivity index (χ4n) is 1.80. The van der Waals surface area contributed by atoms with Crippen molar-refractivity contribution >= 4 is 23.4 Å². The Morgan fingerprint density at radius 3 is 2.65 bits per heavy atom. The van der Waals surface area contributed by atoms with E-state index in [2.05, 4.69) is 20.6 Å². The highest BCUT2D eigenvalue weighted by molar-refractivity contribution is 5.98. The minimum Gasteiger partial charge on any atom is -0.365 e. The van der Waals surface area contributed by atoms with Crippen molar-refractivity contribution in [2.45, 2.75) is 18.9 Å². The zero-order valence-corrected chi connectivity index (χ0v) is 10.8. The van der Waals surface area contributed by atoms with Gasteiger partial charge in [-0.25, -0.2) is 4.98 Å². The number of aromatic nitrogens is 2. The molecule has 1 aromatic heterocycles. The van der Waals surface area contributed by atoms with Crippen molar-refractivity contribution in [3.8, 4) is 0 Å². The third kappa shape index (κ3) is 2.85. The van der Waals surface area contributed by atoms with E-state index in [4.69, 9.17) is 5.73 Å². The van der Waals surface area contributed by atoms with E-state index in [0.29, 0.717) is 17.8 Å². The maximum atomic E-state index is 11.4. The van der Waals surface area contributed by atoms with Crippen LogP contribution in [-0.4, -0.2) is 21.9 Å². The average molecular weight is 269 g/mol. The number of hydrogen-bond donors (Lipinski definition) is 3. The Hall–Kier alpha value is -2.63. The molecule has 20 heavy (non-hydrogen) atoms. The summed E-state index contributed by atoms with van der Waals surface area (Å²) in [6, 6.07) is 9.94. The van der Waals surface area contributed by atoms with E-state index < -0.39 is 5.91 Å². The standard InChI is InChI=1S/C14H15N5O/c15-12(20)11-8-16-14(18-10-6-7-10)19-13(11)17-9-4-2-1-3-5-9/h1-5,8,10H,6-7H2,(H2,15,20)(H2,16,17,18,19). The van der Waals surface area contributed by atoms with Crippen LogP contribution in [0.4, 0.5) is 17.5 Å². The molecule has 0 aliphatic heterocycles. The quantitative estimate of drug-likeness (QED) is 0.770. The largest absolute Gasteiger partial charge is 0.365 e. The first-order valence-corrected chi connectivity index (χ1v) is 6.48. The molecule has 1 aromatic carbocycles. The van der Waals surface area contributed by atoms with Crippen LogP contribution in [0.5, 0.6) is 0 Å². The van der Waals surface area contributed by atoms with Crippen molar-refractivity contribution in [1.29, 1.82) is 0 Å². The monoisotopic (exact) mass is 269 g/mol. The Morgan fingerprint density at radius 1 is 1.25 bits per heavy atom. The highest BCUT2D eigenvalue weighted by atomic mass is 16.1. The number of nitrogens with one attached hydrogen (secondary N) is 2. The molecule has 1 aliphatic rings. The van der Waals surface area contributed by atoms with Gasteiger partial charge in [-0.05, 0) is 25.0 Å². The second-order valence-corrected chi connectivity index (χ2v) is 4.73. The molecule has 1 amide bonds. The number of primary amides is 1. The summed E-state index contributed by atoms with van der Waals surface area (Å²) in [6.07, 6.45) is 3.70. The Bertz CT molecular complexity index is 625. The SMILES string of the molecule is NC(=O)c1cnc(NC2CC2)nc1Nc1ccccc1. The molecule has 0 atom stereocenters. The van der Waals surface area contributed by atoms with Gasteiger partial charge in [-0.1, -0.05) is 18.2 Å². The lowest BCUT2D eigenvalue weighted by Crippen LogP contribution is -2.16. The summed E-state index contributed by atoms with van der Waals surface area (Å²) in [5.74, 6) is 0.374. The summed E-state index contributed by atoms with van der Waals surface area (Å²) in [7, 11) is 0. The number of rotatable bonds is 5. The molecule has 1 saturated carbocycles. The molecule has 1 heterocycles. The number of nitrogens with two attached hydrogens (primary N) is 1. The van der Waals surface area contributed by atoms with Crippen LogP contribution in [0.15, 0.2) is 36.5 Å². The number of hydrogen-bond acceptors (Lipinski definition) is 5. The molecule has 0 unspecified atom stereocenters. The van der Waals surface area contributed by atoms with Gasteiger partial charge in [0, 0.05) is 17.9 Å². The Labute approximate surface area is 116 Å². The summed E-state index contributed by atoms with van der Waals surface area (Å²) in [5.41, 5.74) is 6.46. The Kier molecular flexibility index (Phi) is 3.20. The molecule has 0 saturated heterocycles. The summed E-state index contributed by atoms with van der Waals surface area (Å²) >= 11 is 0. The van der Waals surface area contributed by atoms with Gasteiger partial charge in [-0.2, -0.15) is 4.98 Å². The predicted molar refractivity (Wildman–Crippen MR) is 76.9 cm³/mol. The predicted octanol–water partition coefficient (Wildman–Crippen LogP) is 1.89. The van der Waals surface area contributed by atoms with Crippen LogP contribution < -0.4 is 16.4 Å². The van der Waals surface area contributed by atoms with Crippen molar-refractivity contribution in [2.75, 3.05) is 10.6 Å². The average Bonchev–Trinajstić information content (AvgIpc) is 3.24. The van der Waals surface area contributed by atoms with Gasteiger partial charge in [0.25, 0.3) is 5.91 Å². The number of nitrogens with zero attached hydrogens (tertiary/aromatic N) is 2. The van der Waals surface area contributed by atoms with Gasteiger partial charge in [-0.3, -0.25) is 4.79 Å². The molecule has 0 spiro atoms. The molecule has 2 aromatic rings. The van der Waals surface area contributed by atoms with Crippen LogP contribution in [0.3, 0.4) is 0 Å². The van der Waals surface area contributed by atoms with Gasteiger partial charge in [0.15, 0.2) is 0 Å². The van der Waals surface area contributed by atoms with E-state index in [1.165, 1.54) is 6.20 Å². The minimum atomic E-state index is -0.554. The lowest BCUT2D eigenvalue weighted by Gasteiger charge is -2.11. The van der Waals surface area contributed by atoms with Gasteiger partial charge in [-0.15, -0.1) is 0 Å². The molecule has 3 rings (SSSR count). The van der Waals surface area contributed by atoms with Crippen LogP contribution in [0, 0.1) is 0 Å². The zero-order valence-electron chi connectivity index (χ0n) is 10.8. The molecular formula is C14H15N5O. The van der Waals surface area contributed by atoms with Crippen molar-refractivity contribution in [3.05, 3.63) is 42.1 Å². The maximum Gasteiger partial charge on any atom is 0.254 e. The lowest BCUT2D eigenvalue weighted by atomic mass is 10.2. The van der Waals surface area contributed by atoms with E-state index in [0.717, 1.165) is 18.5 Å². The normalized spacial score (nSPS) is 13.8. The molecule has 0 radical (unpaired) electrons. The maximum absolute atomic E-state index is 11.4. The van der Waals surface area contributed by atoms with Crippen molar-refractivity contribution < 1.29 is 4.79 Å². The molecule has 1 fully saturated rings. The van der Waals surface area contributed by atoms with E-state index in [1.54, 1.807) is 0 Å². The molecule has 1 aliphatic carbocycles. The highest BCUT2D eigenvalue weighted by Crippen LogP contribution is 2.25. The molecule has 6 nitrogen and oxygen atoms in total. The lowest BCUT2D eigenvalue weighted by molar-refractivity contribution is 0.100. The highest BCUT2D eigenvalue weighted by Gasteiger charge is 2.22. The van der Waals surface area contributed by atoms with Crippen molar-refractivity contribution in [3.63, 3.8) is 0 Å². The van der Waals surface area contributed by atoms with Gasteiger partial charge in [0.2, 0.25) is 5.95 Å². The van der Waals surface area contributed by atoms with Gasteiger partial charge < -0.3 is 16.4 Å². The summed E-state index contributed by atoms with van der Waals surface area (Å²) in [4.78, 5) is 19.9. The summed E-state index contributed by atoms with van der Waals surface area (Å²) in [6.45, 7) is 0. The van der Waals surface area contributed by atoms with Crippen LogP contribution >= 0.6 is 0 Å². The first kappa shape index (κ1) is 12.4. The smallest absolute Gasteiger partial charge is 0.254 e. The van der Waals surface area contributed by atoms with Crippen LogP contribution in [-0.2, 0) is 0 Å². The van der Waals surface area contributed by atoms with Gasteiger partial charge in [0.05, 0.1) is 0 Å². The molecule has 0 bridgehead atoms. The topological polar surface area (TPSA) is 92.9 Å². The Morgan fingerprint density at radius 2 is 2.00 bits per heavy atom. The number of anilines is 3. The molecule has 102 valence electrons. The van der Waals surface area contributed by atoms with Gasteiger partial charge >= 0.3 is 0 Å². The number of amides is 1. The zero-order chi connectivity index (χ0) is 13.9. The van der Waals surface area contributed by atoms with E-state index in [-0.39, 0.29) is 5.56 Å². The Balaban J connectivity index is 1.90. The fourth-order valence-corrected chi connectivity index (χ4v) is 1.80. The molecule has 6 heteroatoms. The summed E-state index contributed by atoms with van der Waals surface area (Å²) < 4.78 is 0. The van der Waals surface area contributed by atoms with Crippen LogP contribution in [0.2, 0.25) is 0 Å². The minimum absolute atomic E-state index is 0.273. The second kappa shape index (κ2) is 5.16. The first-order chi connectivity index (χ1) is 9.72. The third-order valence-corrected chi connectivity index (χ3v) is 3.00. The fraction of sp³-hybridized carbons (Fsp3) is 0.214. The number of para-hydroxylation sites is 1. The van der Waals surface area contributed by atoms with Crippen LogP contribution in [0.25, 0.3) is 0 Å². The third-order valence-electron chi connectivity index (χ3n) is 3.00. The number of carbonyl (C=O) groups is 1. The van der Waals surface area contributed by atoms with Gasteiger partial charge in [0.1, 0.15) is 11.4 Å². The number of benzene rings is 1. The van der Waals surface area contributed by atoms with E-state index in [1.807, 2.05) is 30.3 Å². The van der Waals surface area contributed by atoms with E-state index >= 15 is 0 Å². The summed E-state index contributed by atoms with van der Waals surface area (Å²) in [5, 5.41) is 6.29. The molecule has 4 N–H and O–H groups in total. The van der Waals surface area contributed by atoms with Crippen molar-refractivity contribution in [1.82, 2.24) is 9.97 Å². The van der Waals surface area contributed by atoms with Crippen LogP contribution in [0.1, 0.15) is 23.2 Å². The second-order valence-electron chi connectivity index (χ2n) is 4.73. The molecular weight excluding hydrogens is 254 g/mol.